The maximum absolute atomic E-state index is 12.7. The van der Waals surface area contributed by atoms with Gasteiger partial charge in [0.1, 0.15) is 0 Å². The van der Waals surface area contributed by atoms with Crippen LogP contribution in [0.1, 0.15) is 10.4 Å². The Kier molecular flexibility index (Phi) is 4.94. The van der Waals surface area contributed by atoms with Crippen LogP contribution >= 0.6 is 0 Å². The molecule has 2 rings (SSSR count). The van der Waals surface area contributed by atoms with Gasteiger partial charge in [-0.2, -0.15) is 4.31 Å². The number of benzene rings is 1. The fourth-order valence-corrected chi connectivity index (χ4v) is 3.96. The Bertz CT molecular complexity index is 615. The van der Waals surface area contributed by atoms with E-state index in [4.69, 9.17) is 4.74 Å². The van der Waals surface area contributed by atoms with Crippen molar-refractivity contribution in [3.8, 4) is 0 Å². The summed E-state index contributed by atoms with van der Waals surface area (Å²) in [4.78, 5) is 11.6. The molecule has 1 fully saturated rings. The molecule has 0 aromatic heterocycles. The Morgan fingerprint density at radius 3 is 2.86 bits per heavy atom. The van der Waals surface area contributed by atoms with Crippen LogP contribution in [-0.2, 0) is 19.5 Å². The summed E-state index contributed by atoms with van der Waals surface area (Å²) in [7, 11) is -2.73. The monoisotopic (exact) mass is 315 g/mol. The molecule has 0 bridgehead atoms. The fourth-order valence-electron chi connectivity index (χ4n) is 2.20. The highest BCUT2D eigenvalue weighted by atomic mass is 32.2. The summed E-state index contributed by atoms with van der Waals surface area (Å²) in [6.07, 6.45) is 0. The minimum absolute atomic E-state index is 0.0248. The Balaban J connectivity index is 2.46. The average Bonchev–Trinajstić information content (AvgIpc) is 2.54. The molecule has 1 aromatic rings. The van der Waals surface area contributed by atoms with Gasteiger partial charge in [-0.3, -0.25) is 0 Å². The molecule has 1 aromatic carbocycles. The van der Waals surface area contributed by atoms with Crippen LogP contribution in [-0.4, -0.2) is 63.3 Å². The first-order valence-corrected chi connectivity index (χ1v) is 7.84. The number of methoxy groups -OCH3 is 1. The molecule has 21 heavy (non-hydrogen) atoms. The second kappa shape index (κ2) is 6.52. The number of hydrogen-bond acceptors (Lipinski definition) is 6. The minimum Gasteiger partial charge on any atom is -0.465 e. The van der Waals surface area contributed by atoms with Crippen molar-refractivity contribution in [2.75, 3.05) is 33.5 Å². The number of nitrogens with zero attached hydrogens (tertiary/aromatic N) is 1. The van der Waals surface area contributed by atoms with Gasteiger partial charge in [0.2, 0.25) is 10.0 Å². The highest BCUT2D eigenvalue weighted by Crippen LogP contribution is 2.24. The van der Waals surface area contributed by atoms with Crippen molar-refractivity contribution >= 4 is 16.0 Å². The first-order valence-electron chi connectivity index (χ1n) is 6.40. The van der Waals surface area contributed by atoms with Crippen LogP contribution in [0.2, 0.25) is 0 Å². The SMILES string of the molecule is COC(=O)c1ccccc1S(=O)(=O)N1CCOCC1CO. The van der Waals surface area contributed by atoms with Gasteiger partial charge in [0.05, 0.1) is 43.4 Å². The van der Waals surface area contributed by atoms with Crippen LogP contribution < -0.4 is 0 Å². The van der Waals surface area contributed by atoms with Crippen LogP contribution in [0.25, 0.3) is 0 Å². The molecule has 1 aliphatic heterocycles. The van der Waals surface area contributed by atoms with Crippen molar-refractivity contribution in [1.29, 1.82) is 0 Å². The topological polar surface area (TPSA) is 93.1 Å². The normalized spacial score (nSPS) is 20.2. The number of carbonyl (C=O) groups excluding carboxylic acids is 1. The molecule has 7 nitrogen and oxygen atoms in total. The standard InChI is InChI=1S/C13H17NO6S/c1-19-13(16)11-4-2-3-5-12(11)21(17,18)14-6-7-20-9-10(14)8-15/h2-5,10,15H,6-9H2,1H3. The molecule has 1 unspecified atom stereocenters. The van der Waals surface area contributed by atoms with E-state index in [0.717, 1.165) is 4.31 Å². The lowest BCUT2D eigenvalue weighted by molar-refractivity contribution is 0.0109. The van der Waals surface area contributed by atoms with Gasteiger partial charge in [-0.1, -0.05) is 12.1 Å². The van der Waals surface area contributed by atoms with E-state index in [0.29, 0.717) is 0 Å². The summed E-state index contributed by atoms with van der Waals surface area (Å²) in [6, 6.07) is 5.19. The van der Waals surface area contributed by atoms with Crippen molar-refractivity contribution in [2.45, 2.75) is 10.9 Å². The molecule has 1 atom stereocenters. The van der Waals surface area contributed by atoms with Crippen LogP contribution in [0.5, 0.6) is 0 Å². The van der Waals surface area contributed by atoms with Gasteiger partial charge < -0.3 is 14.6 Å². The van der Waals surface area contributed by atoms with Gasteiger partial charge in [0, 0.05) is 6.54 Å². The van der Waals surface area contributed by atoms with Crippen molar-refractivity contribution in [3.63, 3.8) is 0 Å². The highest BCUT2D eigenvalue weighted by Gasteiger charge is 2.35. The number of rotatable bonds is 4. The van der Waals surface area contributed by atoms with Crippen molar-refractivity contribution in [3.05, 3.63) is 29.8 Å². The number of morpholine rings is 1. The lowest BCUT2D eigenvalue weighted by Gasteiger charge is -2.33. The van der Waals surface area contributed by atoms with Crippen LogP contribution in [0.3, 0.4) is 0 Å². The quantitative estimate of drug-likeness (QED) is 0.777. The zero-order chi connectivity index (χ0) is 15.5. The van der Waals surface area contributed by atoms with Crippen LogP contribution in [0, 0.1) is 0 Å². The predicted octanol–water partition coefficient (Wildman–Crippen LogP) is -0.145. The molecule has 1 heterocycles. The summed E-state index contributed by atoms with van der Waals surface area (Å²) >= 11 is 0. The minimum atomic E-state index is -3.92. The third-order valence-electron chi connectivity index (χ3n) is 3.26. The van der Waals surface area contributed by atoms with Gasteiger partial charge in [-0.05, 0) is 12.1 Å². The molecule has 116 valence electrons. The predicted molar refractivity (Wildman–Crippen MR) is 73.4 cm³/mol. The molecule has 1 saturated heterocycles. The second-order valence-electron chi connectivity index (χ2n) is 4.51. The molecule has 0 aliphatic carbocycles. The van der Waals surface area contributed by atoms with Gasteiger partial charge >= 0.3 is 5.97 Å². The van der Waals surface area contributed by atoms with Crippen molar-refractivity contribution < 1.29 is 27.8 Å². The lowest BCUT2D eigenvalue weighted by atomic mass is 10.2. The summed E-state index contributed by atoms with van der Waals surface area (Å²) in [5, 5.41) is 9.32. The zero-order valence-electron chi connectivity index (χ0n) is 11.6. The number of hydrogen-bond donors (Lipinski definition) is 1. The first-order chi connectivity index (χ1) is 10.0. The molecule has 1 aliphatic rings. The van der Waals surface area contributed by atoms with E-state index in [2.05, 4.69) is 4.74 Å². The molecule has 0 saturated carbocycles. The van der Waals surface area contributed by atoms with E-state index in [1.54, 1.807) is 6.07 Å². The Morgan fingerprint density at radius 1 is 1.48 bits per heavy atom. The second-order valence-corrected chi connectivity index (χ2v) is 6.37. The van der Waals surface area contributed by atoms with E-state index in [1.807, 2.05) is 0 Å². The molecule has 0 radical (unpaired) electrons. The van der Waals surface area contributed by atoms with E-state index >= 15 is 0 Å². The molecule has 0 amide bonds. The van der Waals surface area contributed by atoms with E-state index in [9.17, 15) is 18.3 Å². The number of sulfonamides is 1. The van der Waals surface area contributed by atoms with Gasteiger partial charge in [0.15, 0.2) is 0 Å². The molecule has 8 heteroatoms. The summed E-state index contributed by atoms with van der Waals surface area (Å²) in [5.41, 5.74) is -0.0248. The van der Waals surface area contributed by atoms with Gasteiger partial charge in [0.25, 0.3) is 0 Å². The van der Waals surface area contributed by atoms with Crippen LogP contribution in [0.4, 0.5) is 0 Å². The lowest BCUT2D eigenvalue weighted by Crippen LogP contribution is -2.50. The van der Waals surface area contributed by atoms with Crippen molar-refractivity contribution in [1.82, 2.24) is 4.31 Å². The zero-order valence-corrected chi connectivity index (χ0v) is 12.4. The average molecular weight is 315 g/mol. The van der Waals surface area contributed by atoms with E-state index < -0.39 is 22.0 Å². The maximum Gasteiger partial charge on any atom is 0.339 e. The first kappa shape index (κ1) is 15.9. The number of carbonyl (C=O) groups is 1. The smallest absolute Gasteiger partial charge is 0.339 e. The van der Waals surface area contributed by atoms with E-state index in [-0.39, 0.29) is 36.8 Å². The number of esters is 1. The third-order valence-corrected chi connectivity index (χ3v) is 5.27. The Labute approximate surface area is 123 Å². The largest absolute Gasteiger partial charge is 0.465 e. The van der Waals surface area contributed by atoms with Crippen molar-refractivity contribution in [2.24, 2.45) is 0 Å². The third kappa shape index (κ3) is 3.08. The van der Waals surface area contributed by atoms with Crippen LogP contribution in [0.15, 0.2) is 29.2 Å². The maximum atomic E-state index is 12.7. The van der Waals surface area contributed by atoms with Gasteiger partial charge in [-0.15, -0.1) is 0 Å². The Morgan fingerprint density at radius 2 is 2.19 bits per heavy atom. The summed E-state index contributed by atoms with van der Waals surface area (Å²) in [6.45, 7) is 0.148. The Hall–Kier alpha value is -1.48. The fraction of sp³-hybridized carbons (Fsp3) is 0.462. The molecular weight excluding hydrogens is 298 g/mol. The number of aliphatic hydroxyl groups excluding tert-OH is 1. The highest BCUT2D eigenvalue weighted by molar-refractivity contribution is 7.89. The van der Waals surface area contributed by atoms with E-state index in [1.165, 1.54) is 25.3 Å². The molecule has 0 spiro atoms. The van der Waals surface area contributed by atoms with Gasteiger partial charge in [-0.25, -0.2) is 13.2 Å². The molecular formula is C13H17NO6S. The molecule has 1 N–H and O–H groups in total. The summed E-state index contributed by atoms with van der Waals surface area (Å²) < 4.78 is 36.5. The number of aliphatic hydroxyl groups is 1. The number of ether oxygens (including phenoxy) is 2. The summed E-state index contributed by atoms with van der Waals surface area (Å²) in [5.74, 6) is -0.719.